The Bertz CT molecular complexity index is 170. The molecule has 0 aromatic carbocycles. The van der Waals surface area contributed by atoms with Gasteiger partial charge in [-0.15, -0.1) is 0 Å². The highest BCUT2D eigenvalue weighted by Crippen LogP contribution is 2.09. The Morgan fingerprint density at radius 2 is 2.38 bits per heavy atom. The molecule has 13 heavy (non-hydrogen) atoms. The fraction of sp³-hybridized carbons (Fsp3) is 0.900. The van der Waals surface area contributed by atoms with Crippen LogP contribution >= 0.6 is 0 Å². The van der Waals surface area contributed by atoms with E-state index < -0.39 is 0 Å². The van der Waals surface area contributed by atoms with E-state index in [2.05, 4.69) is 11.9 Å². The Kier molecular flexibility index (Phi) is 4.39. The lowest BCUT2D eigenvalue weighted by molar-refractivity contribution is -0.121. The molecule has 1 aliphatic rings. The molecule has 1 atom stereocenters. The fourth-order valence-corrected chi connectivity index (χ4v) is 1.60. The van der Waals surface area contributed by atoms with Crippen molar-refractivity contribution in [3.05, 3.63) is 0 Å². The second-order valence-corrected chi connectivity index (χ2v) is 3.70. The Hall–Kier alpha value is -0.410. The van der Waals surface area contributed by atoms with Crippen LogP contribution < -0.4 is 0 Å². The van der Waals surface area contributed by atoms with Crippen molar-refractivity contribution in [2.75, 3.05) is 26.8 Å². The number of carbonyl (C=O) groups is 1. The summed E-state index contributed by atoms with van der Waals surface area (Å²) in [5.41, 5.74) is 0. The molecule has 3 nitrogen and oxygen atoms in total. The number of likely N-dealkylation sites (N-methyl/N-ethyl adjacent to an activating group) is 1. The quantitative estimate of drug-likeness (QED) is 0.656. The Morgan fingerprint density at radius 1 is 1.62 bits per heavy atom. The van der Waals surface area contributed by atoms with Gasteiger partial charge in [0.15, 0.2) is 0 Å². The molecule has 0 aromatic rings. The van der Waals surface area contributed by atoms with Gasteiger partial charge in [-0.1, -0.05) is 6.92 Å². The first kappa shape index (κ1) is 10.7. The summed E-state index contributed by atoms with van der Waals surface area (Å²) in [4.78, 5) is 13.6. The lowest BCUT2D eigenvalue weighted by Gasteiger charge is -2.31. The van der Waals surface area contributed by atoms with E-state index in [1.165, 1.54) is 0 Å². The number of nitrogens with zero attached hydrogens (tertiary/aromatic N) is 1. The maximum absolute atomic E-state index is 11.4. The van der Waals surface area contributed by atoms with Gasteiger partial charge in [0.2, 0.25) is 0 Å². The maximum atomic E-state index is 11.4. The van der Waals surface area contributed by atoms with Crippen molar-refractivity contribution in [3.8, 4) is 0 Å². The largest absolute Gasteiger partial charge is 0.378 e. The number of hydrogen-bond acceptors (Lipinski definition) is 3. The first-order valence-electron chi connectivity index (χ1n) is 5.03. The minimum Gasteiger partial charge on any atom is -0.378 e. The van der Waals surface area contributed by atoms with Gasteiger partial charge >= 0.3 is 0 Å². The zero-order valence-corrected chi connectivity index (χ0v) is 8.58. The molecule has 76 valence electrons. The molecule has 1 fully saturated rings. The van der Waals surface area contributed by atoms with Crippen molar-refractivity contribution in [3.63, 3.8) is 0 Å². The molecule has 0 aromatic heterocycles. The summed E-state index contributed by atoms with van der Waals surface area (Å²) in [5.74, 6) is 0.366. The van der Waals surface area contributed by atoms with Crippen molar-refractivity contribution in [1.82, 2.24) is 4.90 Å². The van der Waals surface area contributed by atoms with Crippen LogP contribution in [-0.2, 0) is 9.53 Å². The number of carbonyl (C=O) groups excluding carboxylic acids is 1. The third-order valence-electron chi connectivity index (χ3n) is 2.51. The predicted molar refractivity (Wildman–Crippen MR) is 51.8 cm³/mol. The van der Waals surface area contributed by atoms with Crippen LogP contribution in [0, 0.1) is 0 Å². The average molecular weight is 185 g/mol. The summed E-state index contributed by atoms with van der Waals surface area (Å²) in [7, 11) is 2.06. The summed E-state index contributed by atoms with van der Waals surface area (Å²) >= 11 is 0. The molecule has 0 bridgehead atoms. The van der Waals surface area contributed by atoms with Crippen LogP contribution in [0.25, 0.3) is 0 Å². The fourth-order valence-electron chi connectivity index (χ4n) is 1.60. The van der Waals surface area contributed by atoms with Crippen molar-refractivity contribution in [1.29, 1.82) is 0 Å². The Morgan fingerprint density at radius 3 is 3.00 bits per heavy atom. The van der Waals surface area contributed by atoms with Gasteiger partial charge in [-0.25, -0.2) is 0 Å². The lowest BCUT2D eigenvalue weighted by Crippen LogP contribution is -2.43. The van der Waals surface area contributed by atoms with Crippen molar-refractivity contribution in [2.24, 2.45) is 0 Å². The van der Waals surface area contributed by atoms with Crippen LogP contribution in [0.3, 0.4) is 0 Å². The molecule has 0 spiro atoms. The second kappa shape index (κ2) is 5.35. The van der Waals surface area contributed by atoms with E-state index in [0.29, 0.717) is 31.3 Å². The molecule has 0 N–H and O–H groups in total. The molecule has 1 aliphatic heterocycles. The first-order chi connectivity index (χ1) is 6.24. The molecule has 0 aliphatic carbocycles. The smallest absolute Gasteiger partial charge is 0.134 e. The van der Waals surface area contributed by atoms with Crippen LogP contribution in [0.2, 0.25) is 0 Å². The van der Waals surface area contributed by atoms with Crippen LogP contribution in [0.1, 0.15) is 26.2 Å². The van der Waals surface area contributed by atoms with Crippen LogP contribution in [0.5, 0.6) is 0 Å². The topological polar surface area (TPSA) is 29.5 Å². The summed E-state index contributed by atoms with van der Waals surface area (Å²) in [6, 6.07) is 0.313. The molecular formula is C10H19NO2. The molecule has 3 heteroatoms. The minimum atomic E-state index is 0.313. The summed E-state index contributed by atoms with van der Waals surface area (Å²) in [5, 5.41) is 0. The molecular weight excluding hydrogens is 166 g/mol. The van der Waals surface area contributed by atoms with Gasteiger partial charge in [-0.05, 0) is 13.5 Å². The van der Waals surface area contributed by atoms with Gasteiger partial charge in [0.05, 0.1) is 13.2 Å². The van der Waals surface area contributed by atoms with Crippen molar-refractivity contribution >= 4 is 5.78 Å². The van der Waals surface area contributed by atoms with Gasteiger partial charge in [-0.3, -0.25) is 9.69 Å². The highest BCUT2D eigenvalue weighted by molar-refractivity contribution is 5.78. The lowest BCUT2D eigenvalue weighted by atomic mass is 10.1. The third-order valence-corrected chi connectivity index (χ3v) is 2.51. The van der Waals surface area contributed by atoms with Crippen molar-refractivity contribution in [2.45, 2.75) is 32.2 Å². The van der Waals surface area contributed by atoms with Gasteiger partial charge in [0, 0.05) is 25.4 Å². The monoisotopic (exact) mass is 185 g/mol. The zero-order chi connectivity index (χ0) is 9.68. The van der Waals surface area contributed by atoms with Gasteiger partial charge < -0.3 is 4.74 Å². The maximum Gasteiger partial charge on any atom is 0.134 e. The predicted octanol–water partition coefficient (Wildman–Crippen LogP) is 1.08. The van der Waals surface area contributed by atoms with E-state index >= 15 is 0 Å². The Balaban J connectivity index is 2.29. The molecule has 0 amide bonds. The van der Waals surface area contributed by atoms with E-state index in [1.54, 1.807) is 0 Å². The van der Waals surface area contributed by atoms with Gasteiger partial charge in [-0.2, -0.15) is 0 Å². The van der Waals surface area contributed by atoms with Gasteiger partial charge in [0.25, 0.3) is 0 Å². The second-order valence-electron chi connectivity index (χ2n) is 3.70. The summed E-state index contributed by atoms with van der Waals surface area (Å²) in [6.45, 7) is 4.50. The highest BCUT2D eigenvalue weighted by Gasteiger charge is 2.21. The number of morpholine rings is 1. The molecule has 1 heterocycles. The molecule has 1 rings (SSSR count). The highest BCUT2D eigenvalue weighted by atomic mass is 16.5. The van der Waals surface area contributed by atoms with Crippen molar-refractivity contribution < 1.29 is 9.53 Å². The summed E-state index contributed by atoms with van der Waals surface area (Å²) in [6.07, 6.45) is 2.32. The van der Waals surface area contributed by atoms with E-state index in [4.69, 9.17) is 4.74 Å². The SMILES string of the molecule is CCCC(=O)CC1COCCN1C. The van der Waals surface area contributed by atoms with E-state index in [1.807, 2.05) is 6.92 Å². The van der Waals surface area contributed by atoms with Gasteiger partial charge in [0.1, 0.15) is 5.78 Å². The minimum absolute atomic E-state index is 0.313. The molecule has 0 saturated carbocycles. The van der Waals surface area contributed by atoms with E-state index in [0.717, 1.165) is 19.6 Å². The normalized spacial score (nSPS) is 24.6. The van der Waals surface area contributed by atoms with E-state index in [9.17, 15) is 4.79 Å². The Labute approximate surface area is 80.1 Å². The van der Waals surface area contributed by atoms with Crippen LogP contribution in [0.4, 0.5) is 0 Å². The molecule has 1 unspecified atom stereocenters. The molecule has 0 radical (unpaired) electrons. The number of rotatable bonds is 4. The van der Waals surface area contributed by atoms with E-state index in [-0.39, 0.29) is 0 Å². The first-order valence-corrected chi connectivity index (χ1v) is 5.03. The van der Waals surface area contributed by atoms with Crippen LogP contribution in [-0.4, -0.2) is 43.5 Å². The zero-order valence-electron chi connectivity index (χ0n) is 8.58. The number of ketones is 1. The van der Waals surface area contributed by atoms with Crippen LogP contribution in [0.15, 0.2) is 0 Å². The number of ether oxygens (including phenoxy) is 1. The number of hydrogen-bond donors (Lipinski definition) is 0. The number of Topliss-reactive ketones (excluding diaryl/α,β-unsaturated/α-hetero) is 1. The standard InChI is InChI=1S/C10H19NO2/c1-3-4-10(12)7-9-8-13-6-5-11(9)2/h9H,3-8H2,1-2H3. The third kappa shape index (κ3) is 3.44. The average Bonchev–Trinajstić information content (AvgIpc) is 2.09. The molecule has 1 saturated heterocycles. The summed E-state index contributed by atoms with van der Waals surface area (Å²) < 4.78 is 5.34.